The Morgan fingerprint density at radius 1 is 1.19 bits per heavy atom. The maximum atomic E-state index is 11.9. The Balaban J connectivity index is 2.43. The quantitative estimate of drug-likeness (QED) is 0.777. The second-order valence-electron chi connectivity index (χ2n) is 2.89. The summed E-state index contributed by atoms with van der Waals surface area (Å²) in [5.74, 6) is -0.350. The van der Waals surface area contributed by atoms with Gasteiger partial charge in [-0.15, -0.1) is 13.2 Å². The van der Waals surface area contributed by atoms with Crippen molar-refractivity contribution >= 4 is 22.6 Å². The second-order valence-corrected chi connectivity index (χ2v) is 3.28. The van der Waals surface area contributed by atoms with E-state index < -0.39 is 6.36 Å². The molecule has 84 valence electrons. The van der Waals surface area contributed by atoms with E-state index in [9.17, 15) is 13.2 Å². The average molecular weight is 249 g/mol. The van der Waals surface area contributed by atoms with Gasteiger partial charge in [-0.1, -0.05) is 11.6 Å². The van der Waals surface area contributed by atoms with Gasteiger partial charge in [0.1, 0.15) is 10.9 Å². The lowest BCUT2D eigenvalue weighted by Crippen LogP contribution is -2.17. The molecule has 0 aliphatic heterocycles. The Hall–Kier alpha value is -1.56. The highest BCUT2D eigenvalue weighted by Gasteiger charge is 2.31. The number of hydrogen-bond donors (Lipinski definition) is 0. The maximum Gasteiger partial charge on any atom is 0.573 e. The van der Waals surface area contributed by atoms with Crippen LogP contribution in [0.3, 0.4) is 0 Å². The van der Waals surface area contributed by atoms with Crippen LogP contribution in [-0.4, -0.2) is 16.3 Å². The first-order valence-corrected chi connectivity index (χ1v) is 4.50. The predicted molar refractivity (Wildman–Crippen MR) is 51.2 cm³/mol. The van der Waals surface area contributed by atoms with Crippen LogP contribution in [0.1, 0.15) is 0 Å². The molecule has 0 fully saturated rings. The fourth-order valence-electron chi connectivity index (χ4n) is 1.17. The number of alkyl halides is 3. The van der Waals surface area contributed by atoms with Crippen LogP contribution < -0.4 is 4.74 Å². The molecule has 2 aromatic rings. The van der Waals surface area contributed by atoms with Gasteiger partial charge in [0.15, 0.2) is 0 Å². The summed E-state index contributed by atoms with van der Waals surface area (Å²) < 4.78 is 39.5. The number of fused-ring (bicyclic) bond motifs is 1. The zero-order chi connectivity index (χ0) is 11.8. The van der Waals surface area contributed by atoms with Crippen molar-refractivity contribution in [1.82, 2.24) is 9.97 Å². The highest BCUT2D eigenvalue weighted by molar-refractivity contribution is 6.29. The standard InChI is InChI=1S/C9H4ClF3N2O/c10-8-4-14-6-2-1-5(3-7(6)15-8)16-9(11,12)13/h1-4H. The molecule has 0 saturated carbocycles. The van der Waals surface area contributed by atoms with Gasteiger partial charge in [-0.05, 0) is 12.1 Å². The van der Waals surface area contributed by atoms with Gasteiger partial charge in [0, 0.05) is 6.07 Å². The molecule has 0 radical (unpaired) electrons. The van der Waals surface area contributed by atoms with E-state index in [2.05, 4.69) is 14.7 Å². The van der Waals surface area contributed by atoms with E-state index in [4.69, 9.17) is 11.6 Å². The first-order chi connectivity index (χ1) is 7.44. The van der Waals surface area contributed by atoms with Gasteiger partial charge < -0.3 is 4.74 Å². The molecule has 0 amide bonds. The molecule has 0 aliphatic rings. The maximum absolute atomic E-state index is 11.9. The number of halogens is 4. The largest absolute Gasteiger partial charge is 0.573 e. The van der Waals surface area contributed by atoms with Gasteiger partial charge in [0.2, 0.25) is 0 Å². The van der Waals surface area contributed by atoms with E-state index in [1.165, 1.54) is 18.3 Å². The molecule has 7 heteroatoms. The lowest BCUT2D eigenvalue weighted by Gasteiger charge is -2.08. The molecular weight excluding hydrogens is 245 g/mol. The molecule has 0 spiro atoms. The van der Waals surface area contributed by atoms with E-state index in [1.807, 2.05) is 0 Å². The molecule has 0 bridgehead atoms. The van der Waals surface area contributed by atoms with Gasteiger partial charge in [0.05, 0.1) is 17.2 Å². The number of ether oxygens (including phenoxy) is 1. The van der Waals surface area contributed by atoms with Crippen LogP contribution in [0.15, 0.2) is 24.4 Å². The van der Waals surface area contributed by atoms with E-state index in [1.54, 1.807) is 0 Å². The van der Waals surface area contributed by atoms with Crippen LogP contribution in [0.5, 0.6) is 5.75 Å². The van der Waals surface area contributed by atoms with Gasteiger partial charge in [-0.2, -0.15) is 0 Å². The minimum absolute atomic E-state index is 0.108. The third kappa shape index (κ3) is 2.52. The molecule has 0 N–H and O–H groups in total. The predicted octanol–water partition coefficient (Wildman–Crippen LogP) is 3.18. The molecule has 0 unspecified atom stereocenters. The zero-order valence-electron chi connectivity index (χ0n) is 7.62. The topological polar surface area (TPSA) is 35.0 Å². The third-order valence-corrected chi connectivity index (χ3v) is 1.90. The van der Waals surface area contributed by atoms with Crippen molar-refractivity contribution < 1.29 is 17.9 Å². The first kappa shape index (κ1) is 10.9. The molecule has 2 rings (SSSR count). The van der Waals surface area contributed by atoms with Crippen molar-refractivity contribution in [3.63, 3.8) is 0 Å². The Labute approximate surface area is 92.8 Å². The second kappa shape index (κ2) is 3.79. The van der Waals surface area contributed by atoms with Crippen molar-refractivity contribution in [2.24, 2.45) is 0 Å². The van der Waals surface area contributed by atoms with Crippen LogP contribution in [0.4, 0.5) is 13.2 Å². The highest BCUT2D eigenvalue weighted by Crippen LogP contribution is 2.25. The Kier molecular flexibility index (Phi) is 2.59. The van der Waals surface area contributed by atoms with Crippen LogP contribution in [0.2, 0.25) is 5.15 Å². The van der Waals surface area contributed by atoms with E-state index >= 15 is 0 Å². The van der Waals surface area contributed by atoms with Crippen molar-refractivity contribution in [1.29, 1.82) is 0 Å². The Morgan fingerprint density at radius 3 is 2.62 bits per heavy atom. The number of benzene rings is 1. The molecule has 1 aromatic heterocycles. The first-order valence-electron chi connectivity index (χ1n) is 4.12. The Bertz CT molecular complexity index is 530. The van der Waals surface area contributed by atoms with Crippen LogP contribution in [-0.2, 0) is 0 Å². The van der Waals surface area contributed by atoms with Gasteiger partial charge in [-0.25, -0.2) is 4.98 Å². The SMILES string of the molecule is FC(F)(F)Oc1ccc2ncc(Cl)nc2c1. The third-order valence-electron chi connectivity index (χ3n) is 1.72. The fourth-order valence-corrected chi connectivity index (χ4v) is 1.31. The summed E-state index contributed by atoms with van der Waals surface area (Å²) in [4.78, 5) is 7.71. The van der Waals surface area contributed by atoms with Crippen LogP contribution in [0.25, 0.3) is 11.0 Å². The number of rotatable bonds is 1. The smallest absolute Gasteiger partial charge is 0.406 e. The molecular formula is C9H4ClF3N2O. The molecule has 0 aliphatic carbocycles. The normalized spacial score (nSPS) is 11.8. The molecule has 3 nitrogen and oxygen atoms in total. The Morgan fingerprint density at radius 2 is 1.94 bits per heavy atom. The summed E-state index contributed by atoms with van der Waals surface area (Å²) in [6, 6.07) is 3.67. The van der Waals surface area contributed by atoms with Gasteiger partial charge >= 0.3 is 6.36 Å². The lowest BCUT2D eigenvalue weighted by atomic mass is 10.3. The summed E-state index contributed by atoms with van der Waals surface area (Å²) >= 11 is 5.57. The van der Waals surface area contributed by atoms with Crippen molar-refractivity contribution in [3.8, 4) is 5.75 Å². The van der Waals surface area contributed by atoms with E-state index in [0.717, 1.165) is 6.07 Å². The average Bonchev–Trinajstić information content (AvgIpc) is 2.14. The minimum Gasteiger partial charge on any atom is -0.406 e. The van der Waals surface area contributed by atoms with Crippen molar-refractivity contribution in [2.45, 2.75) is 6.36 Å². The van der Waals surface area contributed by atoms with E-state index in [0.29, 0.717) is 5.52 Å². The lowest BCUT2D eigenvalue weighted by molar-refractivity contribution is -0.274. The summed E-state index contributed by atoms with van der Waals surface area (Å²) in [6.07, 6.45) is -3.41. The molecule has 0 atom stereocenters. The van der Waals surface area contributed by atoms with Crippen LogP contribution in [0, 0.1) is 0 Å². The molecule has 0 saturated heterocycles. The zero-order valence-corrected chi connectivity index (χ0v) is 8.38. The monoisotopic (exact) mass is 248 g/mol. The summed E-state index contributed by atoms with van der Waals surface area (Å²) in [5.41, 5.74) is 0.688. The summed E-state index contributed by atoms with van der Waals surface area (Å²) in [6.45, 7) is 0. The molecule has 1 aromatic carbocycles. The number of aromatic nitrogens is 2. The minimum atomic E-state index is -4.72. The van der Waals surface area contributed by atoms with E-state index in [-0.39, 0.29) is 16.4 Å². The molecule has 16 heavy (non-hydrogen) atoms. The summed E-state index contributed by atoms with van der Waals surface area (Å²) in [5, 5.41) is 0.108. The summed E-state index contributed by atoms with van der Waals surface area (Å²) in [7, 11) is 0. The van der Waals surface area contributed by atoms with Crippen molar-refractivity contribution in [2.75, 3.05) is 0 Å². The van der Waals surface area contributed by atoms with Crippen LogP contribution >= 0.6 is 11.6 Å². The fraction of sp³-hybridized carbons (Fsp3) is 0.111. The number of nitrogens with zero attached hydrogens (tertiary/aromatic N) is 2. The van der Waals surface area contributed by atoms with Gasteiger partial charge in [-0.3, -0.25) is 4.98 Å². The van der Waals surface area contributed by atoms with Crippen molar-refractivity contribution in [3.05, 3.63) is 29.5 Å². The highest BCUT2D eigenvalue weighted by atomic mass is 35.5. The molecule has 1 heterocycles. The number of hydrogen-bond acceptors (Lipinski definition) is 3. The van der Waals surface area contributed by atoms with Gasteiger partial charge in [0.25, 0.3) is 0 Å².